The quantitative estimate of drug-likeness (QED) is 0.673. The number of alkyl halides is 1. The van der Waals surface area contributed by atoms with Gasteiger partial charge in [0.15, 0.2) is 5.65 Å². The summed E-state index contributed by atoms with van der Waals surface area (Å²) in [5.74, 6) is 0.809. The number of aryl methyl sites for hydroxylation is 2. The molecule has 0 saturated carbocycles. The number of imidazole rings is 1. The van der Waals surface area contributed by atoms with Crippen LogP contribution in [0.3, 0.4) is 0 Å². The van der Waals surface area contributed by atoms with Crippen molar-refractivity contribution in [2.75, 3.05) is 5.88 Å². The van der Waals surface area contributed by atoms with Crippen LogP contribution in [0, 0.1) is 12.7 Å². The van der Waals surface area contributed by atoms with Crippen molar-refractivity contribution in [1.82, 2.24) is 14.5 Å². The molecule has 21 heavy (non-hydrogen) atoms. The molecule has 0 aliphatic carbocycles. The van der Waals surface area contributed by atoms with Gasteiger partial charge in [-0.3, -0.25) is 4.57 Å². The lowest BCUT2D eigenvalue weighted by atomic mass is 10.3. The molecule has 108 valence electrons. The van der Waals surface area contributed by atoms with E-state index in [2.05, 4.69) is 9.97 Å². The van der Waals surface area contributed by atoms with Gasteiger partial charge in [-0.2, -0.15) is 0 Å². The summed E-state index contributed by atoms with van der Waals surface area (Å²) >= 11 is 12.0. The lowest BCUT2D eigenvalue weighted by Crippen LogP contribution is -2.04. The summed E-state index contributed by atoms with van der Waals surface area (Å²) < 4.78 is 15.1. The first-order valence-electron chi connectivity index (χ1n) is 6.46. The number of nitrogens with zero attached hydrogens (tertiary/aromatic N) is 3. The normalized spacial score (nSPS) is 11.2. The van der Waals surface area contributed by atoms with Crippen molar-refractivity contribution >= 4 is 34.4 Å². The van der Waals surface area contributed by atoms with Crippen molar-refractivity contribution in [3.63, 3.8) is 0 Å². The number of pyridine rings is 1. The average molecular weight is 324 g/mol. The predicted octanol–water partition coefficient (Wildman–Crippen LogP) is 4.30. The number of hydrogen-bond donors (Lipinski definition) is 0. The zero-order valence-electron chi connectivity index (χ0n) is 11.3. The molecular weight excluding hydrogens is 312 g/mol. The SMILES string of the molecule is Cc1ccc2nc(CCCl)n(-c3ccc(F)cc3Cl)c2n1. The zero-order valence-corrected chi connectivity index (χ0v) is 12.8. The van der Waals surface area contributed by atoms with Gasteiger partial charge >= 0.3 is 0 Å². The Morgan fingerprint density at radius 2 is 2.00 bits per heavy atom. The summed E-state index contributed by atoms with van der Waals surface area (Å²) in [5.41, 5.74) is 2.99. The van der Waals surface area contributed by atoms with Crippen LogP contribution in [-0.4, -0.2) is 20.4 Å². The second-order valence-electron chi connectivity index (χ2n) is 4.69. The van der Waals surface area contributed by atoms with Crippen molar-refractivity contribution in [3.8, 4) is 5.69 Å². The van der Waals surface area contributed by atoms with E-state index in [0.717, 1.165) is 17.0 Å². The molecule has 2 aromatic heterocycles. The van der Waals surface area contributed by atoms with E-state index >= 15 is 0 Å². The third kappa shape index (κ3) is 2.61. The molecular formula is C15H12Cl2FN3. The van der Waals surface area contributed by atoms with E-state index in [0.29, 0.717) is 28.7 Å². The largest absolute Gasteiger partial charge is 0.279 e. The molecule has 3 rings (SSSR count). The van der Waals surface area contributed by atoms with Crippen LogP contribution in [0.4, 0.5) is 4.39 Å². The number of hydrogen-bond acceptors (Lipinski definition) is 2. The highest BCUT2D eigenvalue weighted by Crippen LogP contribution is 2.27. The second-order valence-corrected chi connectivity index (χ2v) is 5.48. The Bertz CT molecular complexity index is 814. The van der Waals surface area contributed by atoms with E-state index in [4.69, 9.17) is 23.2 Å². The minimum absolute atomic E-state index is 0.313. The summed E-state index contributed by atoms with van der Waals surface area (Å²) in [7, 11) is 0. The molecule has 0 aliphatic rings. The molecule has 3 aromatic rings. The summed E-state index contributed by atoms with van der Waals surface area (Å²) in [6, 6.07) is 8.08. The topological polar surface area (TPSA) is 30.7 Å². The van der Waals surface area contributed by atoms with Crippen molar-refractivity contribution in [3.05, 3.63) is 52.7 Å². The fourth-order valence-corrected chi connectivity index (χ4v) is 2.69. The van der Waals surface area contributed by atoms with Gasteiger partial charge in [0.1, 0.15) is 17.2 Å². The molecule has 3 nitrogen and oxygen atoms in total. The summed E-state index contributed by atoms with van der Waals surface area (Å²) in [5, 5.41) is 0.313. The molecule has 0 N–H and O–H groups in total. The van der Waals surface area contributed by atoms with E-state index in [1.54, 1.807) is 6.07 Å². The van der Waals surface area contributed by atoms with Crippen molar-refractivity contribution < 1.29 is 4.39 Å². The molecule has 0 radical (unpaired) electrons. The Kier molecular flexibility index (Phi) is 3.83. The van der Waals surface area contributed by atoms with Crippen LogP contribution in [-0.2, 0) is 6.42 Å². The molecule has 0 fully saturated rings. The number of halogens is 3. The van der Waals surface area contributed by atoms with Crippen LogP contribution in [0.1, 0.15) is 11.5 Å². The van der Waals surface area contributed by atoms with E-state index in [-0.39, 0.29) is 5.82 Å². The van der Waals surface area contributed by atoms with Crippen molar-refractivity contribution in [2.24, 2.45) is 0 Å². The minimum Gasteiger partial charge on any atom is -0.279 e. The third-order valence-corrected chi connectivity index (χ3v) is 3.67. The molecule has 0 atom stereocenters. The number of aromatic nitrogens is 3. The Morgan fingerprint density at radius 1 is 1.19 bits per heavy atom. The highest BCUT2D eigenvalue weighted by atomic mass is 35.5. The summed E-state index contributed by atoms with van der Waals surface area (Å²) in [4.78, 5) is 9.07. The number of rotatable bonds is 3. The Morgan fingerprint density at radius 3 is 2.71 bits per heavy atom. The molecule has 1 aromatic carbocycles. The van der Waals surface area contributed by atoms with Crippen LogP contribution in [0.15, 0.2) is 30.3 Å². The van der Waals surface area contributed by atoms with Gasteiger partial charge in [-0.15, -0.1) is 11.6 Å². The molecule has 0 unspecified atom stereocenters. The molecule has 0 saturated heterocycles. The molecule has 2 heterocycles. The van der Waals surface area contributed by atoms with Gasteiger partial charge in [-0.05, 0) is 37.3 Å². The first-order chi connectivity index (χ1) is 10.1. The zero-order chi connectivity index (χ0) is 15.0. The van der Waals surface area contributed by atoms with E-state index < -0.39 is 0 Å². The van der Waals surface area contributed by atoms with Crippen LogP contribution in [0.5, 0.6) is 0 Å². The van der Waals surface area contributed by atoms with Crippen molar-refractivity contribution in [2.45, 2.75) is 13.3 Å². The van der Waals surface area contributed by atoms with Gasteiger partial charge in [-0.1, -0.05) is 11.6 Å². The highest BCUT2D eigenvalue weighted by molar-refractivity contribution is 6.32. The highest BCUT2D eigenvalue weighted by Gasteiger charge is 2.16. The van der Waals surface area contributed by atoms with Gasteiger partial charge in [-0.25, -0.2) is 14.4 Å². The summed E-state index contributed by atoms with van der Waals surface area (Å²) in [6.45, 7) is 1.91. The lowest BCUT2D eigenvalue weighted by Gasteiger charge is -2.10. The molecule has 0 aliphatic heterocycles. The minimum atomic E-state index is -0.379. The fourth-order valence-electron chi connectivity index (χ4n) is 2.27. The lowest BCUT2D eigenvalue weighted by molar-refractivity contribution is 0.627. The average Bonchev–Trinajstić information content (AvgIpc) is 2.77. The van der Waals surface area contributed by atoms with Gasteiger partial charge in [0, 0.05) is 18.0 Å². The first kappa shape index (κ1) is 14.3. The van der Waals surface area contributed by atoms with E-state index in [1.165, 1.54) is 12.1 Å². The first-order valence-corrected chi connectivity index (χ1v) is 7.38. The van der Waals surface area contributed by atoms with E-state index in [1.807, 2.05) is 23.6 Å². The number of fused-ring (bicyclic) bond motifs is 1. The van der Waals surface area contributed by atoms with Crippen LogP contribution in [0.2, 0.25) is 5.02 Å². The maximum absolute atomic E-state index is 13.3. The van der Waals surface area contributed by atoms with Crippen molar-refractivity contribution in [1.29, 1.82) is 0 Å². The Labute approximate surface area is 131 Å². The Hall–Kier alpha value is -1.65. The van der Waals surface area contributed by atoms with Gasteiger partial charge in [0.25, 0.3) is 0 Å². The molecule has 0 bridgehead atoms. The number of benzene rings is 1. The Balaban J connectivity index is 2.32. The summed E-state index contributed by atoms with van der Waals surface area (Å²) in [6.07, 6.45) is 0.574. The maximum Gasteiger partial charge on any atom is 0.164 e. The second kappa shape index (κ2) is 5.62. The van der Waals surface area contributed by atoms with Crippen LogP contribution < -0.4 is 0 Å². The monoisotopic (exact) mass is 323 g/mol. The van der Waals surface area contributed by atoms with Gasteiger partial charge < -0.3 is 0 Å². The van der Waals surface area contributed by atoms with E-state index in [9.17, 15) is 4.39 Å². The van der Waals surface area contributed by atoms with Crippen LogP contribution >= 0.6 is 23.2 Å². The van der Waals surface area contributed by atoms with Gasteiger partial charge in [0.2, 0.25) is 0 Å². The molecule has 0 spiro atoms. The smallest absolute Gasteiger partial charge is 0.164 e. The predicted molar refractivity (Wildman–Crippen MR) is 83.0 cm³/mol. The molecule has 6 heteroatoms. The van der Waals surface area contributed by atoms with Gasteiger partial charge in [0.05, 0.1) is 10.7 Å². The fraction of sp³-hybridized carbons (Fsp3) is 0.200. The maximum atomic E-state index is 13.3. The van der Waals surface area contributed by atoms with Crippen LogP contribution in [0.25, 0.3) is 16.9 Å². The third-order valence-electron chi connectivity index (χ3n) is 3.18. The molecule has 0 amide bonds. The standard InChI is InChI=1S/C15H12Cl2FN3/c1-9-2-4-12-15(19-9)21(14(20-12)6-7-16)13-5-3-10(18)8-11(13)17/h2-5,8H,6-7H2,1H3.